The van der Waals surface area contributed by atoms with E-state index in [0.717, 1.165) is 13.1 Å². The largest absolute Gasteiger partial charge is 0.464 e. The highest BCUT2D eigenvalue weighted by molar-refractivity contribution is 6.28. The molecule has 6 heteroatoms. The van der Waals surface area contributed by atoms with E-state index in [9.17, 15) is 0 Å². The maximum atomic E-state index is 6.17. The van der Waals surface area contributed by atoms with Gasteiger partial charge >= 0.3 is 6.01 Å². The number of hydrogen-bond acceptors (Lipinski definition) is 5. The van der Waals surface area contributed by atoms with Crippen molar-refractivity contribution in [1.82, 2.24) is 15.0 Å². The Morgan fingerprint density at radius 1 is 0.852 bits per heavy atom. The number of ether oxygens (including phenoxy) is 1. The van der Waals surface area contributed by atoms with Crippen molar-refractivity contribution in [2.24, 2.45) is 11.8 Å². The molecule has 0 bridgehead atoms. The molecule has 0 spiro atoms. The van der Waals surface area contributed by atoms with Gasteiger partial charge in [-0.15, -0.1) is 0 Å². The molecule has 0 saturated heterocycles. The summed E-state index contributed by atoms with van der Waals surface area (Å²) in [4.78, 5) is 15.4. The minimum Gasteiger partial charge on any atom is -0.464 e. The van der Waals surface area contributed by atoms with Crippen LogP contribution in [-0.4, -0.2) is 34.6 Å². The van der Waals surface area contributed by atoms with Crippen LogP contribution in [-0.2, 0) is 0 Å². The summed E-state index contributed by atoms with van der Waals surface area (Å²) in [5.41, 5.74) is 0. The normalized spacial score (nSPS) is 13.4. The molecule has 0 fully saturated rings. The minimum absolute atomic E-state index is 0.205. The summed E-state index contributed by atoms with van der Waals surface area (Å²) in [6.45, 7) is 13.4. The molecule has 2 atom stereocenters. The molecular weight excluding hydrogens is 360 g/mol. The number of aromatic nitrogens is 3. The first-order valence-corrected chi connectivity index (χ1v) is 11.2. The van der Waals surface area contributed by atoms with Crippen molar-refractivity contribution in [3.05, 3.63) is 5.28 Å². The van der Waals surface area contributed by atoms with Gasteiger partial charge in [0.15, 0.2) is 0 Å². The Balaban J connectivity index is 3.04. The highest BCUT2D eigenvalue weighted by Gasteiger charge is 2.21. The Morgan fingerprint density at radius 3 is 1.85 bits per heavy atom. The predicted molar refractivity (Wildman–Crippen MR) is 115 cm³/mol. The smallest absolute Gasteiger partial charge is 0.322 e. The summed E-state index contributed by atoms with van der Waals surface area (Å²) < 4.78 is 5.50. The van der Waals surface area contributed by atoms with Crippen LogP contribution in [0.3, 0.4) is 0 Å². The molecule has 27 heavy (non-hydrogen) atoms. The summed E-state index contributed by atoms with van der Waals surface area (Å²) in [6, 6.07) is 0.320. The zero-order valence-corrected chi connectivity index (χ0v) is 18.8. The molecule has 1 aromatic heterocycles. The monoisotopic (exact) mass is 398 g/mol. The number of hydrogen-bond donors (Lipinski definition) is 0. The van der Waals surface area contributed by atoms with Gasteiger partial charge in [0, 0.05) is 13.1 Å². The molecule has 0 aliphatic heterocycles. The molecule has 0 radical (unpaired) electrons. The van der Waals surface area contributed by atoms with Crippen molar-refractivity contribution in [2.75, 3.05) is 24.6 Å². The van der Waals surface area contributed by atoms with Crippen LogP contribution in [0.2, 0.25) is 5.28 Å². The van der Waals surface area contributed by atoms with Gasteiger partial charge < -0.3 is 9.64 Å². The molecule has 0 amide bonds. The highest BCUT2D eigenvalue weighted by Crippen LogP contribution is 2.23. The highest BCUT2D eigenvalue weighted by atomic mass is 35.5. The lowest BCUT2D eigenvalue weighted by Crippen LogP contribution is -2.35. The van der Waals surface area contributed by atoms with Crippen molar-refractivity contribution in [3.63, 3.8) is 0 Å². The first-order chi connectivity index (χ1) is 13.1. The second kappa shape index (κ2) is 14.0. The molecule has 0 N–H and O–H groups in total. The van der Waals surface area contributed by atoms with Gasteiger partial charge in [0.1, 0.15) is 0 Å². The number of unbranched alkanes of at least 4 members (excludes halogenated alkanes) is 2. The lowest BCUT2D eigenvalue weighted by molar-refractivity contribution is 0.310. The van der Waals surface area contributed by atoms with E-state index >= 15 is 0 Å². The topological polar surface area (TPSA) is 51.1 Å². The van der Waals surface area contributed by atoms with Gasteiger partial charge in [0.2, 0.25) is 11.2 Å². The third-order valence-electron chi connectivity index (χ3n) is 5.18. The summed E-state index contributed by atoms with van der Waals surface area (Å²) in [5.74, 6) is 1.93. The second-order valence-electron chi connectivity index (χ2n) is 7.36. The fraction of sp³-hybridized carbons (Fsp3) is 0.857. The third kappa shape index (κ3) is 9.09. The minimum atomic E-state index is 0.205. The molecule has 1 rings (SSSR count). The summed E-state index contributed by atoms with van der Waals surface area (Å²) >= 11 is 6.17. The number of halogens is 1. The summed E-state index contributed by atoms with van der Waals surface area (Å²) in [7, 11) is 0. The van der Waals surface area contributed by atoms with Crippen molar-refractivity contribution in [3.8, 4) is 6.01 Å². The van der Waals surface area contributed by atoms with Gasteiger partial charge in [-0.3, -0.25) is 0 Å². The molecule has 5 nitrogen and oxygen atoms in total. The molecule has 0 aliphatic rings. The molecule has 1 heterocycles. The van der Waals surface area contributed by atoms with Crippen LogP contribution in [0.4, 0.5) is 5.95 Å². The summed E-state index contributed by atoms with van der Waals surface area (Å²) in [5, 5.41) is 0.205. The molecule has 0 saturated carbocycles. The third-order valence-corrected chi connectivity index (χ3v) is 5.34. The van der Waals surface area contributed by atoms with Gasteiger partial charge in [0.25, 0.3) is 0 Å². The Kier molecular flexibility index (Phi) is 12.4. The maximum Gasteiger partial charge on any atom is 0.322 e. The van der Waals surface area contributed by atoms with Gasteiger partial charge in [-0.2, -0.15) is 15.0 Å². The van der Waals surface area contributed by atoms with Crippen LogP contribution in [0.5, 0.6) is 6.01 Å². The van der Waals surface area contributed by atoms with Crippen LogP contribution in [0.1, 0.15) is 86.0 Å². The zero-order valence-electron chi connectivity index (χ0n) is 18.0. The van der Waals surface area contributed by atoms with E-state index in [2.05, 4.69) is 47.5 Å². The quantitative estimate of drug-likeness (QED) is 0.354. The van der Waals surface area contributed by atoms with Crippen LogP contribution < -0.4 is 9.64 Å². The standard InChI is InChI=1S/C21H39ClN4O/c1-6-11-13-17(8-3)15-26(16-18(9-4)14-12-7-2)20-23-19(22)24-21(25-20)27-10-5/h17-18H,6-16H2,1-5H3. The number of anilines is 1. The van der Waals surface area contributed by atoms with Gasteiger partial charge in [-0.05, 0) is 43.2 Å². The summed E-state index contributed by atoms with van der Waals surface area (Å²) in [6.07, 6.45) is 9.81. The van der Waals surface area contributed by atoms with Gasteiger partial charge in [0.05, 0.1) is 6.61 Å². The number of nitrogens with zero attached hydrogens (tertiary/aromatic N) is 4. The van der Waals surface area contributed by atoms with Crippen LogP contribution in [0.15, 0.2) is 0 Å². The molecule has 0 aliphatic carbocycles. The van der Waals surface area contributed by atoms with Gasteiger partial charge in [-0.1, -0.05) is 66.2 Å². The van der Waals surface area contributed by atoms with Crippen molar-refractivity contribution in [1.29, 1.82) is 0 Å². The average Bonchev–Trinajstić information content (AvgIpc) is 2.66. The van der Waals surface area contributed by atoms with Gasteiger partial charge in [-0.25, -0.2) is 0 Å². The predicted octanol–water partition coefficient (Wildman–Crippen LogP) is 6.16. The molecule has 156 valence electrons. The van der Waals surface area contributed by atoms with E-state index in [1.165, 1.54) is 51.4 Å². The van der Waals surface area contributed by atoms with Crippen LogP contribution in [0.25, 0.3) is 0 Å². The van der Waals surface area contributed by atoms with E-state index in [-0.39, 0.29) is 5.28 Å². The van der Waals surface area contributed by atoms with E-state index in [1.807, 2.05) is 6.92 Å². The van der Waals surface area contributed by atoms with Crippen LogP contribution >= 0.6 is 11.6 Å². The Hall–Kier alpha value is -1.10. The van der Waals surface area contributed by atoms with Crippen LogP contribution in [0, 0.1) is 11.8 Å². The SMILES string of the molecule is CCCCC(CC)CN(CC(CC)CCCC)c1nc(Cl)nc(OCC)n1. The Morgan fingerprint density at radius 2 is 1.41 bits per heavy atom. The van der Waals surface area contributed by atoms with E-state index < -0.39 is 0 Å². The lowest BCUT2D eigenvalue weighted by Gasteiger charge is -2.30. The van der Waals surface area contributed by atoms with E-state index in [4.69, 9.17) is 16.3 Å². The Bertz CT molecular complexity index is 497. The van der Waals surface area contributed by atoms with Crippen molar-refractivity contribution in [2.45, 2.75) is 86.0 Å². The fourth-order valence-electron chi connectivity index (χ4n) is 3.35. The molecule has 1 aromatic rings. The fourth-order valence-corrected chi connectivity index (χ4v) is 3.50. The molecule has 2 unspecified atom stereocenters. The Labute approximate surface area is 171 Å². The maximum absolute atomic E-state index is 6.17. The van der Waals surface area contributed by atoms with Crippen molar-refractivity contribution >= 4 is 17.5 Å². The first-order valence-electron chi connectivity index (χ1n) is 10.9. The van der Waals surface area contributed by atoms with Crippen molar-refractivity contribution < 1.29 is 4.74 Å². The van der Waals surface area contributed by atoms with E-state index in [0.29, 0.717) is 30.4 Å². The molecule has 0 aromatic carbocycles. The number of rotatable bonds is 15. The van der Waals surface area contributed by atoms with E-state index in [1.54, 1.807) is 0 Å². The zero-order chi connectivity index (χ0) is 20.1. The molecular formula is C21H39ClN4O. The first kappa shape index (κ1) is 23.9. The second-order valence-corrected chi connectivity index (χ2v) is 7.70. The lowest BCUT2D eigenvalue weighted by atomic mass is 9.96. The average molecular weight is 399 g/mol.